The van der Waals surface area contributed by atoms with Crippen LogP contribution in [0.2, 0.25) is 0 Å². The number of ether oxygens (including phenoxy) is 1. The number of nitrogens with one attached hydrogen (secondary N) is 1. The molecule has 2 unspecified atom stereocenters. The van der Waals surface area contributed by atoms with Crippen LogP contribution in [0.3, 0.4) is 0 Å². The summed E-state index contributed by atoms with van der Waals surface area (Å²) >= 11 is 0. The molecule has 1 N–H and O–H groups in total. The lowest BCUT2D eigenvalue weighted by molar-refractivity contribution is -0.0422. The molecule has 0 spiro atoms. The fourth-order valence-corrected chi connectivity index (χ4v) is 4.97. The summed E-state index contributed by atoms with van der Waals surface area (Å²) in [6, 6.07) is 4.75. The van der Waals surface area contributed by atoms with Gasteiger partial charge in [0.05, 0.1) is 24.5 Å². The second-order valence-corrected chi connectivity index (χ2v) is 10.8. The van der Waals surface area contributed by atoms with Gasteiger partial charge < -0.3 is 9.64 Å². The minimum Gasteiger partial charge on any atom is -0.372 e. The van der Waals surface area contributed by atoms with E-state index in [2.05, 4.69) is 35.0 Å². The van der Waals surface area contributed by atoms with E-state index in [4.69, 9.17) is 4.74 Å². The summed E-state index contributed by atoms with van der Waals surface area (Å²) in [7, 11) is -3.38. The molecule has 1 aromatic carbocycles. The van der Waals surface area contributed by atoms with E-state index in [0.29, 0.717) is 37.1 Å². The molecule has 3 fully saturated rings. The monoisotopic (exact) mass is 432 g/mol. The highest BCUT2D eigenvalue weighted by Crippen LogP contribution is 2.44. The molecular weight excluding hydrogens is 403 g/mol. The van der Waals surface area contributed by atoms with Crippen LogP contribution in [0.15, 0.2) is 30.5 Å². The molecule has 1 aromatic rings. The predicted octanol–water partition coefficient (Wildman–Crippen LogP) is 2.81. The van der Waals surface area contributed by atoms with Crippen LogP contribution < -0.4 is 4.72 Å². The molecule has 4 rings (SSSR count). The number of hydrogen-bond donors (Lipinski definition) is 1. The van der Waals surface area contributed by atoms with Crippen LogP contribution in [0.5, 0.6) is 0 Å². The van der Waals surface area contributed by atoms with Gasteiger partial charge in [-0.2, -0.15) is 0 Å². The van der Waals surface area contributed by atoms with E-state index in [-0.39, 0.29) is 29.4 Å². The maximum Gasteiger partial charge on any atom is 0.209 e. The van der Waals surface area contributed by atoms with Gasteiger partial charge >= 0.3 is 0 Å². The van der Waals surface area contributed by atoms with Crippen molar-refractivity contribution in [1.29, 1.82) is 0 Å². The first-order valence-corrected chi connectivity index (χ1v) is 12.4. The van der Waals surface area contributed by atoms with Gasteiger partial charge in [-0.15, -0.1) is 0 Å². The maximum absolute atomic E-state index is 15.2. The van der Waals surface area contributed by atoms with E-state index in [9.17, 15) is 8.42 Å². The Balaban J connectivity index is 1.59. The van der Waals surface area contributed by atoms with Crippen molar-refractivity contribution in [1.82, 2.24) is 9.62 Å². The van der Waals surface area contributed by atoms with E-state index in [1.807, 2.05) is 6.07 Å². The van der Waals surface area contributed by atoms with Crippen molar-refractivity contribution < 1.29 is 17.5 Å². The number of sulfonamides is 1. The lowest BCUT2D eigenvalue weighted by Crippen LogP contribution is -2.48. The fourth-order valence-electron chi connectivity index (χ4n) is 4.15. The highest BCUT2D eigenvalue weighted by Gasteiger charge is 2.40. The zero-order valence-electron chi connectivity index (χ0n) is 17.6. The van der Waals surface area contributed by atoms with E-state index in [1.165, 1.54) is 0 Å². The average Bonchev–Trinajstić information content (AvgIpc) is 3.23. The molecule has 0 bridgehead atoms. The Morgan fingerprint density at radius 1 is 1.40 bits per heavy atom. The highest BCUT2D eigenvalue weighted by molar-refractivity contribution is 7.88. The molecule has 2 saturated heterocycles. The van der Waals surface area contributed by atoms with E-state index in [1.54, 1.807) is 12.1 Å². The smallest absolute Gasteiger partial charge is 0.209 e. The zero-order chi connectivity index (χ0) is 21.5. The number of halogens is 1. The summed E-state index contributed by atoms with van der Waals surface area (Å²) in [5.41, 5.74) is 1.82. The molecule has 1 saturated carbocycles. The van der Waals surface area contributed by atoms with Gasteiger partial charge in [0.15, 0.2) is 0 Å². The van der Waals surface area contributed by atoms with Crippen molar-refractivity contribution in [3.8, 4) is 11.8 Å². The average molecular weight is 433 g/mol. The summed E-state index contributed by atoms with van der Waals surface area (Å²) in [5, 5.41) is 0. The van der Waals surface area contributed by atoms with Gasteiger partial charge in [-0.3, -0.25) is 0 Å². The minimum absolute atomic E-state index is 0.0235. The molecule has 0 amide bonds. The number of benzene rings is 1. The van der Waals surface area contributed by atoms with Crippen LogP contribution in [0, 0.1) is 23.1 Å². The first-order valence-electron chi connectivity index (χ1n) is 10.5. The predicted molar refractivity (Wildman–Crippen MR) is 115 cm³/mol. The quantitative estimate of drug-likeness (QED) is 0.703. The van der Waals surface area contributed by atoms with E-state index in [0.717, 1.165) is 31.2 Å². The molecule has 3 aliphatic rings. The van der Waals surface area contributed by atoms with Crippen LogP contribution in [-0.4, -0.2) is 50.9 Å². The maximum atomic E-state index is 15.2. The van der Waals surface area contributed by atoms with Gasteiger partial charge in [0.1, 0.15) is 5.82 Å². The number of hydrogen-bond acceptors (Lipinski definition) is 4. The molecule has 0 radical (unpaired) electrons. The minimum atomic E-state index is -3.38. The van der Waals surface area contributed by atoms with Gasteiger partial charge in [-0.25, -0.2) is 17.5 Å². The van der Waals surface area contributed by atoms with Crippen molar-refractivity contribution >= 4 is 10.0 Å². The van der Waals surface area contributed by atoms with Crippen molar-refractivity contribution in [2.45, 2.75) is 57.2 Å². The molecule has 30 heavy (non-hydrogen) atoms. The van der Waals surface area contributed by atoms with Crippen LogP contribution in [-0.2, 0) is 21.2 Å². The molecule has 162 valence electrons. The van der Waals surface area contributed by atoms with Crippen molar-refractivity contribution in [3.05, 3.63) is 47.4 Å². The lowest BCUT2D eigenvalue weighted by atomic mass is 9.97. The zero-order valence-corrected chi connectivity index (χ0v) is 18.4. The number of likely N-dealkylation sites (tertiary alicyclic amines) is 1. The van der Waals surface area contributed by atoms with Crippen molar-refractivity contribution in [2.24, 2.45) is 5.41 Å². The molecule has 2 heterocycles. The second-order valence-electron chi connectivity index (χ2n) is 8.98. The third kappa shape index (κ3) is 4.72. The third-order valence-corrected chi connectivity index (χ3v) is 7.09. The Labute approximate surface area is 178 Å². The largest absolute Gasteiger partial charge is 0.372 e. The van der Waals surface area contributed by atoms with Gasteiger partial charge in [0.25, 0.3) is 0 Å². The standard InChI is InChI=1S/C23H29FN2O3S/c1-16(21-9-14-29-21)26-13-8-19(25-30(3,27)28)20(26)15-18-6-4-5-17(22(18)24)7-10-23(2)11-12-23/h4-6,19-21,25H,1,8-9,11-15H2,2-3H3/t19?,20?,21-/m1/s1. The molecule has 1 aliphatic carbocycles. The van der Waals surface area contributed by atoms with Gasteiger partial charge in [0.2, 0.25) is 10.0 Å². The number of nitrogens with zero attached hydrogens (tertiary/aromatic N) is 1. The van der Waals surface area contributed by atoms with Crippen LogP contribution in [0.1, 0.15) is 43.7 Å². The Morgan fingerprint density at radius 3 is 2.73 bits per heavy atom. The second kappa shape index (κ2) is 7.99. The number of rotatable bonds is 6. The van der Waals surface area contributed by atoms with E-state index < -0.39 is 10.0 Å². The Hall–Kier alpha value is -1.88. The molecular formula is C23H29FN2O3S. The summed E-state index contributed by atoms with van der Waals surface area (Å²) in [6.07, 6.45) is 5.16. The summed E-state index contributed by atoms with van der Waals surface area (Å²) in [6.45, 7) is 7.66. The van der Waals surface area contributed by atoms with Gasteiger partial charge in [-0.1, -0.05) is 30.6 Å². The van der Waals surface area contributed by atoms with Crippen LogP contribution in [0.25, 0.3) is 0 Å². The fraction of sp³-hybridized carbons (Fsp3) is 0.565. The molecule has 2 aliphatic heterocycles. The van der Waals surface area contributed by atoms with Crippen LogP contribution >= 0.6 is 0 Å². The van der Waals surface area contributed by atoms with E-state index >= 15 is 4.39 Å². The Bertz CT molecular complexity index is 1000. The van der Waals surface area contributed by atoms with Gasteiger partial charge in [0, 0.05) is 36.2 Å². The topological polar surface area (TPSA) is 58.6 Å². The Kier molecular flexibility index (Phi) is 5.69. The Morgan fingerprint density at radius 2 is 2.13 bits per heavy atom. The summed E-state index contributed by atoms with van der Waals surface area (Å²) < 4.78 is 47.4. The van der Waals surface area contributed by atoms with Gasteiger partial charge in [-0.05, 0) is 44.2 Å². The molecule has 0 aromatic heterocycles. The first kappa shape index (κ1) is 21.4. The first-order chi connectivity index (χ1) is 14.2. The molecule has 5 nitrogen and oxygen atoms in total. The van der Waals surface area contributed by atoms with Crippen molar-refractivity contribution in [3.63, 3.8) is 0 Å². The normalized spacial score (nSPS) is 27.2. The highest BCUT2D eigenvalue weighted by atomic mass is 32.2. The van der Waals surface area contributed by atoms with Crippen LogP contribution in [0.4, 0.5) is 4.39 Å². The summed E-state index contributed by atoms with van der Waals surface area (Å²) in [4.78, 5) is 2.09. The lowest BCUT2D eigenvalue weighted by Gasteiger charge is -2.38. The molecule has 7 heteroatoms. The van der Waals surface area contributed by atoms with Crippen molar-refractivity contribution in [2.75, 3.05) is 19.4 Å². The SMILES string of the molecule is C=C([C@H]1CCO1)N1CCC(NS(C)(=O)=O)C1Cc1cccc(C#CC2(C)CC2)c1F. The summed E-state index contributed by atoms with van der Waals surface area (Å²) in [5.74, 6) is 5.88. The third-order valence-electron chi connectivity index (χ3n) is 6.36. The molecule has 3 atom stereocenters.